The summed E-state index contributed by atoms with van der Waals surface area (Å²) in [5.41, 5.74) is 3.16. The number of unbranched alkanes of at least 4 members (excludes halogenated alkanes) is 1. The molecule has 2 amide bonds. The van der Waals surface area contributed by atoms with Crippen LogP contribution in [0.25, 0.3) is 0 Å². The summed E-state index contributed by atoms with van der Waals surface area (Å²) in [6, 6.07) is 13.8. The Hall–Kier alpha value is -2.69. The standard InChI is InChI=1S/C26H35FN2O2/c1-5-6-17-28-26(31)20(4)29(18-22-9-14-24(27)15-10-22)25(30)16-11-21-7-12-23(13-8-21)19(2)3/h7-10,12-15,19-20H,5-6,11,16-18H2,1-4H3,(H,28,31). The molecule has 0 heterocycles. The van der Waals surface area contributed by atoms with E-state index in [1.165, 1.54) is 17.7 Å². The lowest BCUT2D eigenvalue weighted by Crippen LogP contribution is -2.47. The summed E-state index contributed by atoms with van der Waals surface area (Å²) >= 11 is 0. The highest BCUT2D eigenvalue weighted by molar-refractivity contribution is 5.87. The van der Waals surface area contributed by atoms with Gasteiger partial charge in [-0.1, -0.05) is 63.6 Å². The molecule has 0 aliphatic carbocycles. The fourth-order valence-corrected chi connectivity index (χ4v) is 3.37. The Morgan fingerprint density at radius 3 is 2.16 bits per heavy atom. The Bertz CT molecular complexity index is 831. The maximum Gasteiger partial charge on any atom is 0.242 e. The zero-order valence-electron chi connectivity index (χ0n) is 19.2. The molecule has 168 valence electrons. The van der Waals surface area contributed by atoms with Crippen LogP contribution in [-0.4, -0.2) is 29.3 Å². The van der Waals surface area contributed by atoms with Gasteiger partial charge in [-0.3, -0.25) is 9.59 Å². The molecule has 0 aliphatic heterocycles. The maximum absolute atomic E-state index is 13.3. The van der Waals surface area contributed by atoms with Crippen molar-refractivity contribution in [1.82, 2.24) is 10.2 Å². The first-order chi connectivity index (χ1) is 14.8. The van der Waals surface area contributed by atoms with Gasteiger partial charge in [-0.05, 0) is 54.5 Å². The van der Waals surface area contributed by atoms with E-state index in [9.17, 15) is 14.0 Å². The van der Waals surface area contributed by atoms with E-state index >= 15 is 0 Å². The van der Waals surface area contributed by atoms with Crippen LogP contribution in [0.1, 0.15) is 69.6 Å². The fourth-order valence-electron chi connectivity index (χ4n) is 3.37. The molecule has 0 bridgehead atoms. The van der Waals surface area contributed by atoms with Crippen molar-refractivity contribution < 1.29 is 14.0 Å². The largest absolute Gasteiger partial charge is 0.354 e. The predicted molar refractivity (Wildman–Crippen MR) is 123 cm³/mol. The fraction of sp³-hybridized carbons (Fsp3) is 0.462. The molecule has 4 nitrogen and oxygen atoms in total. The number of hydrogen-bond donors (Lipinski definition) is 1. The smallest absolute Gasteiger partial charge is 0.242 e. The number of nitrogens with zero attached hydrogens (tertiary/aromatic N) is 1. The van der Waals surface area contributed by atoms with E-state index in [2.05, 4.69) is 50.4 Å². The summed E-state index contributed by atoms with van der Waals surface area (Å²) < 4.78 is 13.3. The minimum absolute atomic E-state index is 0.0876. The summed E-state index contributed by atoms with van der Waals surface area (Å²) in [5.74, 6) is -0.105. The summed E-state index contributed by atoms with van der Waals surface area (Å²) in [6.07, 6.45) is 2.81. The number of aryl methyl sites for hydroxylation is 1. The van der Waals surface area contributed by atoms with Crippen molar-refractivity contribution in [2.75, 3.05) is 6.54 Å². The number of rotatable bonds is 11. The predicted octanol–water partition coefficient (Wildman–Crippen LogP) is 5.22. The highest BCUT2D eigenvalue weighted by Gasteiger charge is 2.25. The summed E-state index contributed by atoms with van der Waals surface area (Å²) in [7, 11) is 0. The average molecular weight is 427 g/mol. The van der Waals surface area contributed by atoms with E-state index in [1.807, 2.05) is 0 Å². The van der Waals surface area contributed by atoms with Crippen molar-refractivity contribution in [3.05, 3.63) is 71.0 Å². The van der Waals surface area contributed by atoms with Crippen LogP contribution in [0.2, 0.25) is 0 Å². The molecule has 0 saturated heterocycles. The van der Waals surface area contributed by atoms with Crippen LogP contribution in [0.5, 0.6) is 0 Å². The first kappa shape index (κ1) is 24.6. The number of carbonyl (C=O) groups is 2. The van der Waals surface area contributed by atoms with Gasteiger partial charge >= 0.3 is 0 Å². The van der Waals surface area contributed by atoms with E-state index in [-0.39, 0.29) is 24.2 Å². The number of hydrogen-bond acceptors (Lipinski definition) is 2. The topological polar surface area (TPSA) is 49.4 Å². The normalized spacial score (nSPS) is 11.9. The number of amides is 2. The SMILES string of the molecule is CCCCNC(=O)C(C)N(Cc1ccc(F)cc1)C(=O)CCc1ccc(C(C)C)cc1. The number of nitrogens with one attached hydrogen (secondary N) is 1. The lowest BCUT2D eigenvalue weighted by molar-refractivity contribution is -0.140. The second-order valence-corrected chi connectivity index (χ2v) is 8.36. The number of carbonyl (C=O) groups excluding carboxylic acids is 2. The van der Waals surface area contributed by atoms with Crippen LogP contribution < -0.4 is 5.32 Å². The van der Waals surface area contributed by atoms with Gasteiger partial charge in [0.05, 0.1) is 0 Å². The van der Waals surface area contributed by atoms with E-state index in [0.29, 0.717) is 25.3 Å². The maximum atomic E-state index is 13.3. The van der Waals surface area contributed by atoms with Gasteiger partial charge in [0.25, 0.3) is 0 Å². The van der Waals surface area contributed by atoms with E-state index < -0.39 is 6.04 Å². The molecule has 0 fully saturated rings. The molecule has 2 aromatic carbocycles. The van der Waals surface area contributed by atoms with Crippen molar-refractivity contribution in [2.45, 2.75) is 71.9 Å². The van der Waals surface area contributed by atoms with Gasteiger partial charge in [0.2, 0.25) is 11.8 Å². The molecule has 1 atom stereocenters. The van der Waals surface area contributed by atoms with E-state index in [0.717, 1.165) is 24.0 Å². The molecule has 31 heavy (non-hydrogen) atoms. The Morgan fingerprint density at radius 1 is 0.968 bits per heavy atom. The molecule has 0 radical (unpaired) electrons. The van der Waals surface area contributed by atoms with Gasteiger partial charge in [0.15, 0.2) is 0 Å². The first-order valence-corrected chi connectivity index (χ1v) is 11.2. The Labute approximate surface area is 185 Å². The van der Waals surface area contributed by atoms with Crippen molar-refractivity contribution in [2.24, 2.45) is 0 Å². The number of halogens is 1. The second-order valence-electron chi connectivity index (χ2n) is 8.36. The highest BCUT2D eigenvalue weighted by atomic mass is 19.1. The number of benzene rings is 2. The van der Waals surface area contributed by atoms with Gasteiger partial charge in [0.1, 0.15) is 11.9 Å². The molecule has 2 rings (SSSR count). The summed E-state index contributed by atoms with van der Waals surface area (Å²) in [5, 5.41) is 2.91. The van der Waals surface area contributed by atoms with Gasteiger partial charge in [-0.15, -0.1) is 0 Å². The third kappa shape index (κ3) is 7.82. The quantitative estimate of drug-likeness (QED) is 0.501. The molecule has 0 aliphatic rings. The van der Waals surface area contributed by atoms with Gasteiger partial charge in [-0.2, -0.15) is 0 Å². The third-order valence-electron chi connectivity index (χ3n) is 5.54. The van der Waals surface area contributed by atoms with Gasteiger partial charge in [-0.25, -0.2) is 4.39 Å². The van der Waals surface area contributed by atoms with E-state index in [1.54, 1.807) is 24.0 Å². The monoisotopic (exact) mass is 426 g/mol. The van der Waals surface area contributed by atoms with Crippen molar-refractivity contribution >= 4 is 11.8 Å². The van der Waals surface area contributed by atoms with Crippen LogP contribution in [0.15, 0.2) is 48.5 Å². The molecule has 0 aromatic heterocycles. The Balaban J connectivity index is 2.08. The molecule has 1 N–H and O–H groups in total. The van der Waals surface area contributed by atoms with Gasteiger partial charge < -0.3 is 10.2 Å². The Kier molecular flexibility index (Phi) is 9.70. The summed E-state index contributed by atoms with van der Waals surface area (Å²) in [6.45, 7) is 8.99. The minimum Gasteiger partial charge on any atom is -0.354 e. The van der Waals surface area contributed by atoms with Crippen LogP contribution in [0.4, 0.5) is 4.39 Å². The Morgan fingerprint density at radius 2 is 1.58 bits per heavy atom. The van der Waals surface area contributed by atoms with Crippen LogP contribution >= 0.6 is 0 Å². The van der Waals surface area contributed by atoms with E-state index in [4.69, 9.17) is 0 Å². The van der Waals surface area contributed by atoms with Crippen LogP contribution in [-0.2, 0) is 22.6 Å². The molecular weight excluding hydrogens is 391 g/mol. The van der Waals surface area contributed by atoms with Crippen LogP contribution in [0.3, 0.4) is 0 Å². The lowest BCUT2D eigenvalue weighted by Gasteiger charge is -2.29. The highest BCUT2D eigenvalue weighted by Crippen LogP contribution is 2.17. The molecular formula is C26H35FN2O2. The zero-order chi connectivity index (χ0) is 22.8. The second kappa shape index (κ2) is 12.2. The molecule has 0 saturated carbocycles. The summed E-state index contributed by atoms with van der Waals surface area (Å²) in [4.78, 5) is 27.3. The van der Waals surface area contributed by atoms with Crippen molar-refractivity contribution in [3.8, 4) is 0 Å². The average Bonchev–Trinajstić information content (AvgIpc) is 2.77. The van der Waals surface area contributed by atoms with Gasteiger partial charge in [0, 0.05) is 19.5 Å². The molecule has 1 unspecified atom stereocenters. The molecule has 0 spiro atoms. The van der Waals surface area contributed by atoms with Crippen molar-refractivity contribution in [3.63, 3.8) is 0 Å². The first-order valence-electron chi connectivity index (χ1n) is 11.2. The lowest BCUT2D eigenvalue weighted by atomic mass is 10.00. The minimum atomic E-state index is -0.599. The van der Waals surface area contributed by atoms with Crippen LogP contribution in [0, 0.1) is 5.82 Å². The zero-order valence-corrected chi connectivity index (χ0v) is 19.2. The molecule has 2 aromatic rings. The third-order valence-corrected chi connectivity index (χ3v) is 5.54. The van der Waals surface area contributed by atoms with Crippen molar-refractivity contribution in [1.29, 1.82) is 0 Å². The molecule has 5 heteroatoms.